The van der Waals surface area contributed by atoms with E-state index in [1.165, 1.54) is 12.3 Å². The van der Waals surface area contributed by atoms with Crippen molar-refractivity contribution in [2.24, 2.45) is 5.73 Å². The van der Waals surface area contributed by atoms with Crippen LogP contribution in [0.5, 0.6) is 0 Å². The number of carbonyl (C=O) groups is 2. The molecule has 0 atom stereocenters. The molecule has 1 aromatic heterocycles. The summed E-state index contributed by atoms with van der Waals surface area (Å²) in [4.78, 5) is 27.3. The van der Waals surface area contributed by atoms with Crippen molar-refractivity contribution in [3.8, 4) is 6.07 Å². The van der Waals surface area contributed by atoms with Crippen LogP contribution in [0.1, 0.15) is 32.0 Å². The number of benzene rings is 1. The second-order valence-electron chi connectivity index (χ2n) is 4.36. The van der Waals surface area contributed by atoms with Crippen LogP contribution in [0.3, 0.4) is 0 Å². The Bertz CT molecular complexity index is 745. The molecule has 2 aromatic rings. The number of aromatic nitrogens is 1. The SMILES string of the molecule is Cc1ncc(NC(=O)c2ccc(C#N)cc2)cc1C(N)=O. The van der Waals surface area contributed by atoms with Crippen molar-refractivity contribution in [1.82, 2.24) is 4.98 Å². The third kappa shape index (κ3) is 3.22. The van der Waals surface area contributed by atoms with Crippen molar-refractivity contribution in [3.05, 3.63) is 58.9 Å². The molecule has 1 aromatic carbocycles. The first-order chi connectivity index (χ1) is 10.0. The van der Waals surface area contributed by atoms with Crippen molar-refractivity contribution in [1.29, 1.82) is 5.26 Å². The number of nitrogens with zero attached hydrogens (tertiary/aromatic N) is 2. The highest BCUT2D eigenvalue weighted by Gasteiger charge is 2.10. The van der Waals surface area contributed by atoms with Gasteiger partial charge in [0.2, 0.25) is 0 Å². The molecule has 3 N–H and O–H groups in total. The second kappa shape index (κ2) is 5.84. The molecule has 1 heterocycles. The summed E-state index contributed by atoms with van der Waals surface area (Å²) in [6.45, 7) is 1.66. The van der Waals surface area contributed by atoms with Crippen LogP contribution >= 0.6 is 0 Å². The van der Waals surface area contributed by atoms with Crippen LogP contribution in [-0.4, -0.2) is 16.8 Å². The van der Waals surface area contributed by atoms with Crippen LogP contribution in [0.15, 0.2) is 36.5 Å². The van der Waals surface area contributed by atoms with Gasteiger partial charge in [-0.15, -0.1) is 0 Å². The Morgan fingerprint density at radius 3 is 2.52 bits per heavy atom. The molecule has 21 heavy (non-hydrogen) atoms. The molecule has 0 saturated carbocycles. The lowest BCUT2D eigenvalue weighted by molar-refractivity contribution is 0.0995. The van der Waals surface area contributed by atoms with E-state index in [4.69, 9.17) is 11.0 Å². The molecule has 2 amide bonds. The average molecular weight is 280 g/mol. The van der Waals surface area contributed by atoms with Crippen molar-refractivity contribution < 1.29 is 9.59 Å². The topological polar surface area (TPSA) is 109 Å². The van der Waals surface area contributed by atoms with E-state index in [9.17, 15) is 9.59 Å². The number of nitriles is 1. The van der Waals surface area contributed by atoms with Crippen molar-refractivity contribution in [3.63, 3.8) is 0 Å². The molecular formula is C15H12N4O2. The van der Waals surface area contributed by atoms with Crippen LogP contribution < -0.4 is 11.1 Å². The molecule has 0 unspecified atom stereocenters. The van der Waals surface area contributed by atoms with E-state index in [1.54, 1.807) is 31.2 Å². The number of anilines is 1. The van der Waals surface area contributed by atoms with E-state index in [0.29, 0.717) is 22.5 Å². The normalized spacial score (nSPS) is 9.71. The lowest BCUT2D eigenvalue weighted by atomic mass is 10.1. The molecule has 0 aliphatic rings. The number of rotatable bonds is 3. The number of nitrogens with one attached hydrogen (secondary N) is 1. The van der Waals surface area contributed by atoms with Gasteiger partial charge in [-0.1, -0.05) is 0 Å². The highest BCUT2D eigenvalue weighted by atomic mass is 16.2. The molecule has 0 bridgehead atoms. The summed E-state index contributed by atoms with van der Waals surface area (Å²) in [6.07, 6.45) is 1.45. The molecule has 0 saturated heterocycles. The van der Waals surface area contributed by atoms with E-state index >= 15 is 0 Å². The first-order valence-electron chi connectivity index (χ1n) is 6.09. The van der Waals surface area contributed by atoms with Gasteiger partial charge in [0.25, 0.3) is 11.8 Å². The minimum atomic E-state index is -0.602. The van der Waals surface area contributed by atoms with E-state index in [2.05, 4.69) is 10.3 Å². The van der Waals surface area contributed by atoms with Gasteiger partial charge in [0.15, 0.2) is 0 Å². The molecule has 0 fully saturated rings. The molecule has 0 aliphatic carbocycles. The number of amides is 2. The van der Waals surface area contributed by atoms with Crippen molar-refractivity contribution in [2.45, 2.75) is 6.92 Å². The van der Waals surface area contributed by atoms with E-state index < -0.39 is 5.91 Å². The third-order valence-electron chi connectivity index (χ3n) is 2.89. The van der Waals surface area contributed by atoms with Gasteiger partial charge in [-0.25, -0.2) is 0 Å². The van der Waals surface area contributed by atoms with Crippen LogP contribution in [0.4, 0.5) is 5.69 Å². The number of aryl methyl sites for hydroxylation is 1. The van der Waals surface area contributed by atoms with E-state index in [1.807, 2.05) is 6.07 Å². The Labute approximate surface area is 121 Å². The number of pyridine rings is 1. The monoisotopic (exact) mass is 280 g/mol. The maximum atomic E-state index is 12.0. The Hall–Kier alpha value is -3.20. The zero-order chi connectivity index (χ0) is 15.4. The molecule has 0 spiro atoms. The van der Waals surface area contributed by atoms with Crippen LogP contribution in [0, 0.1) is 18.3 Å². The van der Waals surface area contributed by atoms with Crippen molar-refractivity contribution >= 4 is 17.5 Å². The molecule has 104 valence electrons. The zero-order valence-electron chi connectivity index (χ0n) is 11.3. The van der Waals surface area contributed by atoms with Crippen LogP contribution in [0.25, 0.3) is 0 Å². The largest absolute Gasteiger partial charge is 0.366 e. The molecule has 6 heteroatoms. The van der Waals surface area contributed by atoms with Crippen LogP contribution in [0.2, 0.25) is 0 Å². The summed E-state index contributed by atoms with van der Waals surface area (Å²) in [5.41, 5.74) is 7.24. The lowest BCUT2D eigenvalue weighted by Crippen LogP contribution is -2.16. The second-order valence-corrected chi connectivity index (χ2v) is 4.36. The predicted octanol–water partition coefficient (Wildman–Crippen LogP) is 1.61. The van der Waals surface area contributed by atoms with Gasteiger partial charge in [0.05, 0.1) is 34.8 Å². The summed E-state index contributed by atoms with van der Waals surface area (Å²) in [5.74, 6) is -0.963. The third-order valence-corrected chi connectivity index (χ3v) is 2.89. The quantitative estimate of drug-likeness (QED) is 0.890. The fourth-order valence-corrected chi connectivity index (χ4v) is 1.75. The van der Waals surface area contributed by atoms with Crippen LogP contribution in [-0.2, 0) is 0 Å². The Balaban J connectivity index is 2.21. The van der Waals surface area contributed by atoms with E-state index in [-0.39, 0.29) is 11.5 Å². The molecule has 6 nitrogen and oxygen atoms in total. The molecular weight excluding hydrogens is 268 g/mol. The summed E-state index contributed by atoms with van der Waals surface area (Å²) in [5, 5.41) is 11.3. The average Bonchev–Trinajstić information content (AvgIpc) is 2.49. The first kappa shape index (κ1) is 14.2. The number of carbonyl (C=O) groups excluding carboxylic acids is 2. The smallest absolute Gasteiger partial charge is 0.255 e. The fraction of sp³-hybridized carbons (Fsp3) is 0.0667. The Morgan fingerprint density at radius 2 is 1.95 bits per heavy atom. The highest BCUT2D eigenvalue weighted by molar-refractivity contribution is 6.05. The highest BCUT2D eigenvalue weighted by Crippen LogP contribution is 2.13. The summed E-state index contributed by atoms with van der Waals surface area (Å²) >= 11 is 0. The fourth-order valence-electron chi connectivity index (χ4n) is 1.75. The zero-order valence-corrected chi connectivity index (χ0v) is 11.3. The first-order valence-corrected chi connectivity index (χ1v) is 6.09. The van der Waals surface area contributed by atoms with Gasteiger partial charge < -0.3 is 11.1 Å². The van der Waals surface area contributed by atoms with Gasteiger partial charge in [0.1, 0.15) is 0 Å². The lowest BCUT2D eigenvalue weighted by Gasteiger charge is -2.07. The minimum Gasteiger partial charge on any atom is -0.366 e. The molecule has 2 rings (SSSR count). The minimum absolute atomic E-state index is 0.257. The molecule has 0 radical (unpaired) electrons. The number of hydrogen-bond acceptors (Lipinski definition) is 4. The Morgan fingerprint density at radius 1 is 1.29 bits per heavy atom. The number of nitrogens with two attached hydrogens (primary N) is 1. The molecule has 0 aliphatic heterocycles. The maximum absolute atomic E-state index is 12.0. The number of primary amides is 1. The summed E-state index contributed by atoms with van der Waals surface area (Å²) in [7, 11) is 0. The van der Waals surface area contributed by atoms with Gasteiger partial charge in [-0.05, 0) is 37.3 Å². The summed E-state index contributed by atoms with van der Waals surface area (Å²) < 4.78 is 0. The predicted molar refractivity (Wildman–Crippen MR) is 76.6 cm³/mol. The summed E-state index contributed by atoms with van der Waals surface area (Å²) in [6, 6.07) is 9.65. The van der Waals surface area contributed by atoms with Gasteiger partial charge in [-0.3, -0.25) is 14.6 Å². The standard InChI is InChI=1S/C15H12N4O2/c1-9-13(14(17)20)6-12(8-18-9)19-15(21)11-4-2-10(7-16)3-5-11/h2-6,8H,1H3,(H2,17,20)(H,19,21). The van der Waals surface area contributed by atoms with Gasteiger partial charge in [-0.2, -0.15) is 5.26 Å². The Kier molecular flexibility index (Phi) is 3.95. The van der Waals surface area contributed by atoms with Gasteiger partial charge in [0, 0.05) is 5.56 Å². The van der Waals surface area contributed by atoms with Gasteiger partial charge >= 0.3 is 0 Å². The van der Waals surface area contributed by atoms with Crippen molar-refractivity contribution in [2.75, 3.05) is 5.32 Å². The number of hydrogen-bond donors (Lipinski definition) is 2. The maximum Gasteiger partial charge on any atom is 0.255 e. The van der Waals surface area contributed by atoms with E-state index in [0.717, 1.165) is 0 Å².